The first kappa shape index (κ1) is 18.8. The molecule has 0 aliphatic heterocycles. The highest BCUT2D eigenvalue weighted by molar-refractivity contribution is 5.80. The van der Waals surface area contributed by atoms with Gasteiger partial charge in [-0.2, -0.15) is 0 Å². The Kier molecular flexibility index (Phi) is 4.32. The van der Waals surface area contributed by atoms with Crippen molar-refractivity contribution in [2.75, 3.05) is 0 Å². The van der Waals surface area contributed by atoms with Gasteiger partial charge in [0.2, 0.25) is 0 Å². The van der Waals surface area contributed by atoms with Gasteiger partial charge in [0.15, 0.2) is 0 Å². The molecule has 4 aliphatic carbocycles. The maximum Gasteiger partial charge on any atom is 0.266 e. The maximum atomic E-state index is 13.3. The molecule has 3 nitrogen and oxygen atoms in total. The van der Waals surface area contributed by atoms with Crippen molar-refractivity contribution in [2.24, 2.45) is 40.7 Å². The number of carbonyl (C=O) groups excluding carboxylic acids is 1. The Morgan fingerprint density at radius 2 is 1.77 bits per heavy atom. The lowest BCUT2D eigenvalue weighted by Crippen LogP contribution is -2.65. The van der Waals surface area contributed by atoms with Crippen molar-refractivity contribution in [3.05, 3.63) is 0 Å². The predicted molar refractivity (Wildman–Crippen MR) is 95.7 cm³/mol. The molecule has 0 aromatic carbocycles. The molecule has 4 fully saturated rings. The van der Waals surface area contributed by atoms with E-state index in [-0.39, 0.29) is 41.4 Å². The summed E-state index contributed by atoms with van der Waals surface area (Å²) in [5.74, 6) is 1.81. The minimum atomic E-state index is -2.65. The van der Waals surface area contributed by atoms with Crippen LogP contribution in [0.1, 0.15) is 71.6 Å². The average Bonchev–Trinajstić information content (AvgIpc) is 2.86. The summed E-state index contributed by atoms with van der Waals surface area (Å²) in [6, 6.07) is 0. The standard InChI is InChI=1S/C21H33F2NO2/c1-12(25)16-7-10-21(24)17-4-3-13-11-20(26,18(22)23)9-6-14(13)15(17)5-8-19(16,21)2/h13-18,26H,3-11,24H2,1-2H3/t13?,14?,15-,16-,17?,19-,20-,21-/m1/s1. The molecule has 0 bridgehead atoms. The fourth-order valence-electron chi connectivity index (χ4n) is 7.84. The fourth-order valence-corrected chi connectivity index (χ4v) is 7.84. The number of Topliss-reactive ketones (excluding diaryl/α,β-unsaturated/α-hetero) is 1. The van der Waals surface area contributed by atoms with Gasteiger partial charge in [-0.25, -0.2) is 8.78 Å². The van der Waals surface area contributed by atoms with Crippen LogP contribution in [0.5, 0.6) is 0 Å². The van der Waals surface area contributed by atoms with Crippen LogP contribution in [0.3, 0.4) is 0 Å². The molecule has 0 aromatic rings. The Hall–Kier alpha value is -0.550. The van der Waals surface area contributed by atoms with Gasteiger partial charge in [0, 0.05) is 11.5 Å². The smallest absolute Gasteiger partial charge is 0.266 e. The second-order valence-corrected chi connectivity index (χ2v) is 10.1. The van der Waals surface area contributed by atoms with Gasteiger partial charge < -0.3 is 10.8 Å². The van der Waals surface area contributed by atoms with Gasteiger partial charge in [0.1, 0.15) is 11.4 Å². The van der Waals surface area contributed by atoms with Gasteiger partial charge in [-0.15, -0.1) is 0 Å². The summed E-state index contributed by atoms with van der Waals surface area (Å²) < 4.78 is 26.6. The van der Waals surface area contributed by atoms with Crippen LogP contribution in [-0.2, 0) is 4.79 Å². The van der Waals surface area contributed by atoms with Crippen molar-refractivity contribution in [3.8, 4) is 0 Å². The Morgan fingerprint density at radius 3 is 2.42 bits per heavy atom. The molecule has 0 amide bonds. The number of rotatable bonds is 2. The maximum absolute atomic E-state index is 13.3. The fraction of sp³-hybridized carbons (Fsp3) is 0.952. The Bertz CT molecular complexity index is 599. The van der Waals surface area contributed by atoms with Gasteiger partial charge in [-0.05, 0) is 93.8 Å². The highest BCUT2D eigenvalue weighted by Crippen LogP contribution is 2.65. The van der Waals surface area contributed by atoms with E-state index in [2.05, 4.69) is 6.92 Å². The molecule has 0 aromatic heterocycles. The van der Waals surface area contributed by atoms with Crippen LogP contribution in [0.2, 0.25) is 0 Å². The van der Waals surface area contributed by atoms with Crippen molar-refractivity contribution in [1.29, 1.82) is 0 Å². The normalized spacial score (nSPS) is 53.7. The van der Waals surface area contributed by atoms with E-state index >= 15 is 0 Å². The number of halogens is 2. The Balaban J connectivity index is 1.58. The van der Waals surface area contributed by atoms with Gasteiger partial charge >= 0.3 is 0 Å². The van der Waals surface area contributed by atoms with E-state index in [0.717, 1.165) is 38.5 Å². The van der Waals surface area contributed by atoms with Crippen LogP contribution in [-0.4, -0.2) is 28.5 Å². The van der Waals surface area contributed by atoms with Crippen LogP contribution in [0.15, 0.2) is 0 Å². The third-order valence-corrected chi connectivity index (χ3v) is 9.28. The lowest BCUT2D eigenvalue weighted by atomic mass is 9.46. The average molecular weight is 369 g/mol. The lowest BCUT2D eigenvalue weighted by molar-refractivity contribution is -0.162. The van der Waals surface area contributed by atoms with Crippen LogP contribution in [0.25, 0.3) is 0 Å². The van der Waals surface area contributed by atoms with Crippen molar-refractivity contribution < 1.29 is 18.7 Å². The second kappa shape index (κ2) is 5.97. The summed E-state index contributed by atoms with van der Waals surface area (Å²) in [6.45, 7) is 3.93. The molecular formula is C21H33F2NO2. The summed E-state index contributed by atoms with van der Waals surface area (Å²) in [5.41, 5.74) is 4.88. The Morgan fingerprint density at radius 1 is 1.08 bits per heavy atom. The molecule has 4 aliphatic rings. The van der Waals surface area contributed by atoms with Crippen LogP contribution in [0.4, 0.5) is 8.78 Å². The Labute approximate surface area is 155 Å². The van der Waals surface area contributed by atoms with E-state index in [1.165, 1.54) is 0 Å². The van der Waals surface area contributed by atoms with Crippen molar-refractivity contribution in [2.45, 2.75) is 89.2 Å². The van der Waals surface area contributed by atoms with Crippen LogP contribution in [0, 0.1) is 35.0 Å². The summed E-state index contributed by atoms with van der Waals surface area (Å²) in [7, 11) is 0. The first-order chi connectivity index (χ1) is 12.1. The number of aliphatic hydroxyl groups is 1. The first-order valence-electron chi connectivity index (χ1n) is 10.4. The zero-order valence-corrected chi connectivity index (χ0v) is 16.0. The van der Waals surface area contributed by atoms with Crippen molar-refractivity contribution >= 4 is 5.78 Å². The SMILES string of the molecule is CC(=O)[C@H]1CC[C@@]2(N)C3CCC4C[C@@](O)(C(F)F)CCC4[C@H]3CC[C@]12C. The predicted octanol–water partition coefficient (Wildman–Crippen LogP) is 3.92. The summed E-state index contributed by atoms with van der Waals surface area (Å²) in [5, 5.41) is 10.3. The number of fused-ring (bicyclic) bond motifs is 5. The number of alkyl halides is 2. The molecule has 4 rings (SSSR count). The molecule has 3 N–H and O–H groups in total. The van der Waals surface area contributed by atoms with E-state index in [1.807, 2.05) is 0 Å². The molecular weight excluding hydrogens is 336 g/mol. The zero-order valence-electron chi connectivity index (χ0n) is 16.0. The topological polar surface area (TPSA) is 63.3 Å². The monoisotopic (exact) mass is 369 g/mol. The molecule has 0 spiro atoms. The lowest BCUT2D eigenvalue weighted by Gasteiger charge is -2.61. The van der Waals surface area contributed by atoms with E-state index in [9.17, 15) is 18.7 Å². The van der Waals surface area contributed by atoms with E-state index in [0.29, 0.717) is 24.2 Å². The summed E-state index contributed by atoms with van der Waals surface area (Å²) in [4.78, 5) is 12.2. The second-order valence-electron chi connectivity index (χ2n) is 10.1. The highest BCUT2D eigenvalue weighted by atomic mass is 19.3. The minimum Gasteiger partial charge on any atom is -0.384 e. The summed E-state index contributed by atoms with van der Waals surface area (Å²) >= 11 is 0. The molecule has 0 radical (unpaired) electrons. The summed E-state index contributed by atoms with van der Waals surface area (Å²) in [6.07, 6.45) is 4.16. The third kappa shape index (κ3) is 2.38. The van der Waals surface area contributed by atoms with Crippen molar-refractivity contribution in [3.63, 3.8) is 0 Å². The zero-order chi connectivity index (χ0) is 18.9. The van der Waals surface area contributed by atoms with Crippen LogP contribution >= 0.6 is 0 Å². The molecule has 5 heteroatoms. The van der Waals surface area contributed by atoms with Gasteiger partial charge in [-0.3, -0.25) is 4.79 Å². The van der Waals surface area contributed by atoms with Gasteiger partial charge in [-0.1, -0.05) is 6.92 Å². The molecule has 26 heavy (non-hydrogen) atoms. The number of ketones is 1. The largest absolute Gasteiger partial charge is 0.384 e. The molecule has 0 saturated heterocycles. The number of carbonyl (C=O) groups is 1. The van der Waals surface area contributed by atoms with Crippen molar-refractivity contribution in [1.82, 2.24) is 0 Å². The van der Waals surface area contributed by atoms with Gasteiger partial charge in [0.05, 0.1) is 0 Å². The number of hydrogen-bond donors (Lipinski definition) is 2. The number of hydrogen-bond acceptors (Lipinski definition) is 3. The van der Waals surface area contributed by atoms with Crippen LogP contribution < -0.4 is 5.73 Å². The molecule has 4 saturated carbocycles. The molecule has 3 unspecified atom stereocenters. The molecule has 8 atom stereocenters. The van der Waals surface area contributed by atoms with E-state index in [1.54, 1.807) is 6.92 Å². The molecule has 148 valence electrons. The van der Waals surface area contributed by atoms with Gasteiger partial charge in [0.25, 0.3) is 6.43 Å². The quantitative estimate of drug-likeness (QED) is 0.775. The van der Waals surface area contributed by atoms with E-state index in [4.69, 9.17) is 5.73 Å². The third-order valence-electron chi connectivity index (χ3n) is 9.28. The number of nitrogens with two attached hydrogens (primary N) is 1. The minimum absolute atomic E-state index is 0.0708. The first-order valence-corrected chi connectivity index (χ1v) is 10.4. The van der Waals surface area contributed by atoms with E-state index < -0.39 is 12.0 Å². The highest BCUT2D eigenvalue weighted by Gasteiger charge is 2.65. The molecule has 0 heterocycles.